The van der Waals surface area contributed by atoms with Crippen molar-refractivity contribution in [2.24, 2.45) is 0 Å². The van der Waals surface area contributed by atoms with E-state index in [1.165, 1.54) is 154 Å². The number of rotatable bonds is 28. The first-order valence-electron chi connectivity index (χ1n) is 17.8. The molecule has 0 bridgehead atoms. The van der Waals surface area contributed by atoms with Crippen LogP contribution in [0.1, 0.15) is 184 Å². The highest BCUT2D eigenvalue weighted by Crippen LogP contribution is 2.19. The van der Waals surface area contributed by atoms with E-state index in [0.29, 0.717) is 12.2 Å². The van der Waals surface area contributed by atoms with Gasteiger partial charge in [0.1, 0.15) is 0 Å². The Labute approximate surface area is 253 Å². The number of pyridine rings is 1. The number of aromatic nitrogens is 1. The van der Waals surface area contributed by atoms with E-state index in [0.717, 1.165) is 23.6 Å². The minimum Gasteiger partial charge on any atom is -0.462 e. The fourth-order valence-electron chi connectivity index (χ4n) is 5.94. The number of esters is 1. The van der Waals surface area contributed by atoms with Crippen LogP contribution in [-0.4, -0.2) is 17.6 Å². The molecule has 41 heavy (non-hydrogen) atoms. The molecule has 0 aliphatic heterocycles. The summed E-state index contributed by atoms with van der Waals surface area (Å²) in [6.07, 6.45) is 39.7. The summed E-state index contributed by atoms with van der Waals surface area (Å²) in [7, 11) is 0. The molecule has 3 nitrogen and oxygen atoms in total. The van der Waals surface area contributed by atoms with Crippen LogP contribution in [0.15, 0.2) is 36.7 Å². The third-order valence-corrected chi connectivity index (χ3v) is 8.62. The molecule has 0 amide bonds. The summed E-state index contributed by atoms with van der Waals surface area (Å²) in [6.45, 7) is 2.80. The third kappa shape index (κ3) is 18.3. The highest BCUT2D eigenvalue weighted by atomic mass is 16.5. The van der Waals surface area contributed by atoms with Gasteiger partial charge in [-0.2, -0.15) is 0 Å². The predicted octanol–water partition coefficient (Wildman–Crippen LogP) is 12.6. The first kappa shape index (κ1) is 35.3. The Balaban J connectivity index is 1.24. The number of carbonyl (C=O) groups is 1. The Kier molecular flexibility index (Phi) is 22.2. The Morgan fingerprint density at radius 1 is 0.537 bits per heavy atom. The van der Waals surface area contributed by atoms with Crippen molar-refractivity contribution in [1.82, 2.24) is 4.98 Å². The molecule has 232 valence electrons. The fourth-order valence-corrected chi connectivity index (χ4v) is 5.94. The normalized spacial score (nSPS) is 11.3. The van der Waals surface area contributed by atoms with Crippen molar-refractivity contribution in [1.29, 1.82) is 0 Å². The van der Waals surface area contributed by atoms with Crippen LogP contribution in [0.5, 0.6) is 0 Å². The van der Waals surface area contributed by atoms with Gasteiger partial charge in [-0.25, -0.2) is 4.79 Å². The smallest absolute Gasteiger partial charge is 0.340 e. The number of hydrogen-bond donors (Lipinski definition) is 0. The molecule has 0 unspecified atom stereocenters. The molecule has 1 heterocycles. The molecule has 0 aliphatic rings. The van der Waals surface area contributed by atoms with Crippen molar-refractivity contribution in [2.75, 3.05) is 6.61 Å². The van der Waals surface area contributed by atoms with Gasteiger partial charge in [-0.15, -0.1) is 0 Å². The van der Waals surface area contributed by atoms with Gasteiger partial charge in [-0.1, -0.05) is 192 Å². The van der Waals surface area contributed by atoms with Crippen molar-refractivity contribution in [3.05, 3.63) is 42.2 Å². The van der Waals surface area contributed by atoms with Crippen LogP contribution in [0.25, 0.3) is 10.8 Å². The Bertz CT molecular complexity index is 874. The number of unbranched alkanes of at least 4 members (excludes halogenated alkanes) is 25. The number of nitrogens with zero attached hydrogens (tertiary/aromatic N) is 1. The third-order valence-electron chi connectivity index (χ3n) is 8.62. The second kappa shape index (κ2) is 25.8. The van der Waals surface area contributed by atoms with E-state index >= 15 is 0 Å². The lowest BCUT2D eigenvalue weighted by Gasteiger charge is -2.07. The maximum absolute atomic E-state index is 12.4. The van der Waals surface area contributed by atoms with Gasteiger partial charge in [0.05, 0.1) is 12.2 Å². The van der Waals surface area contributed by atoms with E-state index in [2.05, 4.69) is 11.9 Å². The van der Waals surface area contributed by atoms with Crippen LogP contribution in [0, 0.1) is 0 Å². The van der Waals surface area contributed by atoms with Crippen LogP contribution in [0.4, 0.5) is 0 Å². The maximum atomic E-state index is 12.4. The van der Waals surface area contributed by atoms with Crippen molar-refractivity contribution in [2.45, 2.75) is 174 Å². The molecule has 0 atom stereocenters. The summed E-state index contributed by atoms with van der Waals surface area (Å²) < 4.78 is 5.51. The van der Waals surface area contributed by atoms with Crippen molar-refractivity contribution in [3.63, 3.8) is 0 Å². The average Bonchev–Trinajstić information content (AvgIpc) is 3.00. The second-order valence-corrected chi connectivity index (χ2v) is 12.4. The van der Waals surface area contributed by atoms with E-state index < -0.39 is 0 Å². The van der Waals surface area contributed by atoms with E-state index in [1.54, 1.807) is 12.4 Å². The zero-order chi connectivity index (χ0) is 29.1. The lowest BCUT2D eigenvalue weighted by molar-refractivity contribution is 0.0499. The van der Waals surface area contributed by atoms with Crippen LogP contribution in [0.3, 0.4) is 0 Å². The minimum absolute atomic E-state index is 0.256. The average molecular weight is 566 g/mol. The van der Waals surface area contributed by atoms with Gasteiger partial charge in [0.2, 0.25) is 0 Å². The largest absolute Gasteiger partial charge is 0.462 e. The Hall–Kier alpha value is -1.90. The van der Waals surface area contributed by atoms with Gasteiger partial charge in [0, 0.05) is 17.8 Å². The van der Waals surface area contributed by atoms with E-state index in [4.69, 9.17) is 4.74 Å². The number of carbonyl (C=O) groups excluding carboxylic acids is 1. The Morgan fingerprint density at radius 3 is 1.37 bits per heavy atom. The van der Waals surface area contributed by atoms with Crippen LogP contribution < -0.4 is 0 Å². The maximum Gasteiger partial charge on any atom is 0.340 e. The molecule has 0 spiro atoms. The molecule has 1 aromatic heterocycles. The quantitative estimate of drug-likeness (QED) is 0.0760. The molecule has 1 aromatic carbocycles. The van der Waals surface area contributed by atoms with Gasteiger partial charge in [0.25, 0.3) is 0 Å². The van der Waals surface area contributed by atoms with Crippen molar-refractivity contribution < 1.29 is 9.53 Å². The molecule has 2 rings (SSSR count). The lowest BCUT2D eigenvalue weighted by atomic mass is 10.0. The second-order valence-electron chi connectivity index (χ2n) is 12.4. The summed E-state index contributed by atoms with van der Waals surface area (Å²) in [5.41, 5.74) is 0.568. The molecule has 3 heteroatoms. The Morgan fingerprint density at radius 2 is 0.927 bits per heavy atom. The molecule has 2 aromatic rings. The zero-order valence-electron chi connectivity index (χ0n) is 26.8. The molecule has 0 fully saturated rings. The topological polar surface area (TPSA) is 39.2 Å². The zero-order valence-corrected chi connectivity index (χ0v) is 26.8. The fraction of sp³-hybridized carbons (Fsp3) is 0.737. The van der Waals surface area contributed by atoms with E-state index in [9.17, 15) is 4.79 Å². The standard InChI is InChI=1S/C38H63NO2/c1-2-3-4-5-6-7-8-9-10-11-12-13-14-15-16-17-18-19-20-21-22-23-24-25-26-29-32-41-38(40)37-34-39-33-35-30-27-28-31-36(35)37/h27-28,30-31,33-34H,2-26,29,32H2,1H3. The van der Waals surface area contributed by atoms with Gasteiger partial charge in [-0.3, -0.25) is 4.98 Å². The molecule has 0 saturated heterocycles. The monoisotopic (exact) mass is 565 g/mol. The van der Waals surface area contributed by atoms with Gasteiger partial charge in [-0.05, 0) is 11.8 Å². The SMILES string of the molecule is CCCCCCCCCCCCCCCCCCCCCCCCCCCCOC(=O)c1cncc2ccccc12. The summed E-state index contributed by atoms with van der Waals surface area (Å²) in [5, 5.41) is 1.89. The number of ether oxygens (including phenoxy) is 1. The van der Waals surface area contributed by atoms with Gasteiger partial charge < -0.3 is 4.74 Å². The summed E-state index contributed by atoms with van der Waals surface area (Å²) in [4.78, 5) is 16.6. The number of fused-ring (bicyclic) bond motifs is 1. The van der Waals surface area contributed by atoms with Crippen LogP contribution in [0.2, 0.25) is 0 Å². The molecule has 0 aliphatic carbocycles. The molecular weight excluding hydrogens is 502 g/mol. The molecular formula is C38H63NO2. The van der Waals surface area contributed by atoms with Gasteiger partial charge >= 0.3 is 5.97 Å². The molecule has 0 radical (unpaired) electrons. The van der Waals surface area contributed by atoms with Crippen molar-refractivity contribution >= 4 is 16.7 Å². The highest BCUT2D eigenvalue weighted by molar-refractivity contribution is 6.03. The first-order chi connectivity index (χ1) is 20.3. The van der Waals surface area contributed by atoms with E-state index in [1.807, 2.05) is 24.3 Å². The van der Waals surface area contributed by atoms with E-state index in [-0.39, 0.29) is 5.97 Å². The predicted molar refractivity (Wildman–Crippen MR) is 178 cm³/mol. The number of hydrogen-bond acceptors (Lipinski definition) is 3. The van der Waals surface area contributed by atoms with Crippen LogP contribution >= 0.6 is 0 Å². The minimum atomic E-state index is -0.256. The summed E-state index contributed by atoms with van der Waals surface area (Å²) in [5.74, 6) is -0.256. The molecule has 0 saturated carbocycles. The number of benzene rings is 1. The summed E-state index contributed by atoms with van der Waals surface area (Å²) in [6, 6.07) is 7.83. The van der Waals surface area contributed by atoms with Crippen molar-refractivity contribution in [3.8, 4) is 0 Å². The van der Waals surface area contributed by atoms with Gasteiger partial charge in [0.15, 0.2) is 0 Å². The summed E-state index contributed by atoms with van der Waals surface area (Å²) >= 11 is 0. The molecule has 0 N–H and O–H groups in total. The highest BCUT2D eigenvalue weighted by Gasteiger charge is 2.11. The van der Waals surface area contributed by atoms with Crippen LogP contribution in [-0.2, 0) is 4.74 Å². The lowest BCUT2D eigenvalue weighted by Crippen LogP contribution is -2.07. The first-order valence-corrected chi connectivity index (χ1v) is 17.8.